The molecule has 0 spiro atoms. The highest BCUT2D eigenvalue weighted by Crippen LogP contribution is 2.66. The molecule has 0 saturated heterocycles. The molecule has 1 fully saturated rings. The van der Waals surface area contributed by atoms with Crippen molar-refractivity contribution in [3.05, 3.63) is 58.7 Å². The maximum atomic E-state index is 6.49. The number of rotatable bonds is 8. The highest BCUT2D eigenvalue weighted by Gasteiger charge is 2.58. The third kappa shape index (κ3) is 4.68. The standard InChI is InChI=1S/C34H50O3/c1-8-35-24(3)37-31-19-21-34(7)29-18-20-33(6)27(23(2)36-22-25-12-10-9-11-13-25)15-16-28(33)26(29)14-17-30(34)32(31,4)5/h9-13,16,23-24,27,30-31H,8,14-15,17-22H2,1-7H3/t23-,24?,27-,30+,31+,33-,34-/m1/s1. The fraction of sp³-hybridized carbons (Fsp3) is 0.706. The lowest BCUT2D eigenvalue weighted by molar-refractivity contribution is -0.214. The van der Waals surface area contributed by atoms with Gasteiger partial charge >= 0.3 is 0 Å². The molecule has 0 aliphatic heterocycles. The third-order valence-corrected chi connectivity index (χ3v) is 11.1. The minimum atomic E-state index is -0.126. The fourth-order valence-corrected chi connectivity index (χ4v) is 9.08. The van der Waals surface area contributed by atoms with Crippen molar-refractivity contribution in [3.63, 3.8) is 0 Å². The van der Waals surface area contributed by atoms with Crippen molar-refractivity contribution in [2.24, 2.45) is 28.1 Å². The first-order chi connectivity index (χ1) is 17.6. The lowest BCUT2D eigenvalue weighted by Gasteiger charge is -2.60. The predicted molar refractivity (Wildman–Crippen MR) is 151 cm³/mol. The SMILES string of the molecule is CCOC(C)O[C@H]1CC[C@]2(C)C3=C(CC[C@H]2C1(C)C)C1=CC[C@H]([C@@H](C)OCc2ccccc2)[C@@]1(C)CC3. The first-order valence-corrected chi connectivity index (χ1v) is 15.0. The fourth-order valence-electron chi connectivity index (χ4n) is 9.08. The molecule has 0 heterocycles. The minimum Gasteiger partial charge on any atom is -0.373 e. The van der Waals surface area contributed by atoms with Crippen LogP contribution in [0.5, 0.6) is 0 Å². The van der Waals surface area contributed by atoms with E-state index in [1.807, 2.05) is 6.92 Å². The summed E-state index contributed by atoms with van der Waals surface area (Å²) in [4.78, 5) is 0. The summed E-state index contributed by atoms with van der Waals surface area (Å²) in [7, 11) is 0. The summed E-state index contributed by atoms with van der Waals surface area (Å²) in [6.07, 6.45) is 11.5. The van der Waals surface area contributed by atoms with Gasteiger partial charge in [0.25, 0.3) is 0 Å². The number of allylic oxidation sites excluding steroid dienone is 4. The normalized spacial score (nSPS) is 36.3. The Morgan fingerprint density at radius 2 is 1.68 bits per heavy atom. The van der Waals surface area contributed by atoms with E-state index in [1.54, 1.807) is 16.7 Å². The van der Waals surface area contributed by atoms with Crippen molar-refractivity contribution in [2.75, 3.05) is 6.61 Å². The Labute approximate surface area is 226 Å². The first-order valence-electron chi connectivity index (χ1n) is 15.0. The molecule has 7 atom stereocenters. The number of benzene rings is 1. The largest absolute Gasteiger partial charge is 0.373 e. The number of fused-ring (bicyclic) bond motifs is 4. The zero-order valence-corrected chi connectivity index (χ0v) is 24.4. The second-order valence-electron chi connectivity index (χ2n) is 13.4. The van der Waals surface area contributed by atoms with E-state index in [-0.39, 0.29) is 34.7 Å². The van der Waals surface area contributed by atoms with Crippen molar-refractivity contribution in [1.82, 2.24) is 0 Å². The molecule has 4 aliphatic carbocycles. The molecule has 4 aliphatic rings. The summed E-state index contributed by atoms with van der Waals surface area (Å²) in [5.41, 5.74) is 7.11. The third-order valence-electron chi connectivity index (χ3n) is 11.1. The average Bonchev–Trinajstić information content (AvgIpc) is 3.22. The van der Waals surface area contributed by atoms with Gasteiger partial charge in [-0.05, 0) is 111 Å². The molecule has 0 radical (unpaired) electrons. The van der Waals surface area contributed by atoms with Crippen LogP contribution in [0.4, 0.5) is 0 Å². The summed E-state index contributed by atoms with van der Waals surface area (Å²) in [6, 6.07) is 10.6. The molecule has 204 valence electrons. The minimum absolute atomic E-state index is 0.126. The van der Waals surface area contributed by atoms with Crippen LogP contribution >= 0.6 is 0 Å². The van der Waals surface area contributed by atoms with E-state index in [0.717, 1.165) is 12.8 Å². The van der Waals surface area contributed by atoms with Crippen LogP contribution in [-0.4, -0.2) is 25.1 Å². The van der Waals surface area contributed by atoms with Gasteiger partial charge in [-0.1, -0.05) is 69.7 Å². The Kier molecular flexibility index (Phi) is 7.55. The molecule has 0 aromatic heterocycles. The number of hydrogen-bond acceptors (Lipinski definition) is 3. The van der Waals surface area contributed by atoms with Crippen molar-refractivity contribution >= 4 is 0 Å². The summed E-state index contributed by atoms with van der Waals surface area (Å²) in [5, 5.41) is 0. The lowest BCUT2D eigenvalue weighted by Crippen LogP contribution is -2.54. The maximum absolute atomic E-state index is 6.49. The first kappa shape index (κ1) is 27.2. The van der Waals surface area contributed by atoms with Crippen molar-refractivity contribution in [2.45, 2.75) is 119 Å². The van der Waals surface area contributed by atoms with Gasteiger partial charge in [-0.2, -0.15) is 0 Å². The quantitative estimate of drug-likeness (QED) is 0.330. The topological polar surface area (TPSA) is 27.7 Å². The Hall–Kier alpha value is -1.42. The molecular formula is C34H50O3. The second-order valence-corrected chi connectivity index (χ2v) is 13.4. The van der Waals surface area contributed by atoms with E-state index in [4.69, 9.17) is 14.2 Å². The molecule has 1 unspecified atom stereocenters. The van der Waals surface area contributed by atoms with Gasteiger partial charge < -0.3 is 14.2 Å². The molecule has 1 aromatic rings. The van der Waals surface area contributed by atoms with Crippen LogP contribution in [0.25, 0.3) is 0 Å². The van der Waals surface area contributed by atoms with Gasteiger partial charge in [0.15, 0.2) is 6.29 Å². The van der Waals surface area contributed by atoms with Gasteiger partial charge in [0.1, 0.15) is 0 Å². The molecule has 1 saturated carbocycles. The van der Waals surface area contributed by atoms with Crippen molar-refractivity contribution < 1.29 is 14.2 Å². The summed E-state index contributed by atoms with van der Waals surface area (Å²) in [5.74, 6) is 1.22. The Balaban J connectivity index is 1.34. The number of hydrogen-bond donors (Lipinski definition) is 0. The van der Waals surface area contributed by atoms with E-state index in [0.29, 0.717) is 25.0 Å². The molecular weight excluding hydrogens is 456 g/mol. The zero-order chi connectivity index (χ0) is 26.4. The molecule has 0 amide bonds. The highest BCUT2D eigenvalue weighted by molar-refractivity contribution is 5.50. The molecule has 3 nitrogen and oxygen atoms in total. The van der Waals surface area contributed by atoms with E-state index >= 15 is 0 Å². The van der Waals surface area contributed by atoms with Gasteiger partial charge in [0.05, 0.1) is 18.8 Å². The van der Waals surface area contributed by atoms with Gasteiger partial charge in [0, 0.05) is 6.61 Å². The van der Waals surface area contributed by atoms with Gasteiger partial charge in [-0.3, -0.25) is 0 Å². The molecule has 5 rings (SSSR count). The monoisotopic (exact) mass is 506 g/mol. The van der Waals surface area contributed by atoms with E-state index in [2.05, 4.69) is 78.0 Å². The Morgan fingerprint density at radius 1 is 0.919 bits per heavy atom. The van der Waals surface area contributed by atoms with Gasteiger partial charge in [-0.25, -0.2) is 0 Å². The van der Waals surface area contributed by atoms with E-state index in [1.165, 1.54) is 37.7 Å². The summed E-state index contributed by atoms with van der Waals surface area (Å²) >= 11 is 0. The molecule has 1 aromatic carbocycles. The Morgan fingerprint density at radius 3 is 2.41 bits per heavy atom. The van der Waals surface area contributed by atoms with Crippen LogP contribution in [0, 0.1) is 28.1 Å². The Bertz CT molecular complexity index is 1020. The maximum Gasteiger partial charge on any atom is 0.155 e. The number of ether oxygens (including phenoxy) is 3. The van der Waals surface area contributed by atoms with Crippen LogP contribution < -0.4 is 0 Å². The van der Waals surface area contributed by atoms with Crippen LogP contribution in [0.3, 0.4) is 0 Å². The molecule has 0 bridgehead atoms. The predicted octanol–water partition coefficient (Wildman–Crippen LogP) is 8.64. The van der Waals surface area contributed by atoms with Crippen LogP contribution in [0.1, 0.15) is 99.0 Å². The lowest BCUT2D eigenvalue weighted by atomic mass is 9.46. The van der Waals surface area contributed by atoms with Crippen molar-refractivity contribution in [3.8, 4) is 0 Å². The average molecular weight is 507 g/mol. The smallest absolute Gasteiger partial charge is 0.155 e. The summed E-state index contributed by atoms with van der Waals surface area (Å²) < 4.78 is 18.7. The van der Waals surface area contributed by atoms with Crippen molar-refractivity contribution in [1.29, 1.82) is 0 Å². The molecule has 3 heteroatoms. The van der Waals surface area contributed by atoms with Gasteiger partial charge in [-0.15, -0.1) is 0 Å². The summed E-state index contributed by atoms with van der Waals surface area (Å²) in [6.45, 7) is 17.9. The zero-order valence-electron chi connectivity index (χ0n) is 24.4. The molecule has 0 N–H and O–H groups in total. The highest BCUT2D eigenvalue weighted by atomic mass is 16.7. The van der Waals surface area contributed by atoms with Crippen LogP contribution in [-0.2, 0) is 20.8 Å². The van der Waals surface area contributed by atoms with Crippen LogP contribution in [0.15, 0.2) is 53.1 Å². The van der Waals surface area contributed by atoms with E-state index < -0.39 is 0 Å². The second kappa shape index (κ2) is 10.3. The van der Waals surface area contributed by atoms with Crippen LogP contribution in [0.2, 0.25) is 0 Å². The van der Waals surface area contributed by atoms with Gasteiger partial charge in [0.2, 0.25) is 0 Å². The van der Waals surface area contributed by atoms with E-state index in [9.17, 15) is 0 Å². The molecule has 37 heavy (non-hydrogen) atoms.